The van der Waals surface area contributed by atoms with Crippen molar-refractivity contribution in [3.63, 3.8) is 0 Å². The number of nitrogens with zero attached hydrogens (tertiary/aromatic N) is 5. The number of thiazole rings is 1. The third-order valence-corrected chi connectivity index (χ3v) is 6.61. The van der Waals surface area contributed by atoms with Gasteiger partial charge in [0.05, 0.1) is 10.9 Å². The first-order valence-corrected chi connectivity index (χ1v) is 11.9. The molecule has 0 aliphatic rings. The van der Waals surface area contributed by atoms with Gasteiger partial charge in [0.2, 0.25) is 0 Å². The van der Waals surface area contributed by atoms with E-state index in [4.69, 9.17) is 0 Å². The largest absolute Gasteiger partial charge is 0.322 e. The summed E-state index contributed by atoms with van der Waals surface area (Å²) in [5.74, 6) is 0.226. The number of benzene rings is 2. The summed E-state index contributed by atoms with van der Waals surface area (Å²) in [6.07, 6.45) is 1.51. The number of carbonyl (C=O) groups is 1. The Morgan fingerprint density at radius 1 is 1.12 bits per heavy atom. The highest BCUT2D eigenvalue weighted by Crippen LogP contribution is 2.22. The van der Waals surface area contributed by atoms with E-state index in [2.05, 4.69) is 30.5 Å². The Morgan fingerprint density at radius 2 is 1.91 bits per heavy atom. The minimum absolute atomic E-state index is 0.0632. The van der Waals surface area contributed by atoms with Crippen LogP contribution in [0.25, 0.3) is 11.4 Å². The van der Waals surface area contributed by atoms with Crippen LogP contribution in [-0.4, -0.2) is 39.5 Å². The first kappa shape index (κ1) is 21.6. The van der Waals surface area contributed by atoms with Gasteiger partial charge in [0.15, 0.2) is 11.0 Å². The van der Waals surface area contributed by atoms with E-state index >= 15 is 0 Å². The van der Waals surface area contributed by atoms with E-state index in [0.717, 1.165) is 0 Å². The lowest BCUT2D eigenvalue weighted by atomic mass is 10.1. The van der Waals surface area contributed by atoms with Gasteiger partial charge in [0.25, 0.3) is 15.9 Å². The predicted molar refractivity (Wildman–Crippen MR) is 121 cm³/mol. The number of rotatable bonds is 7. The van der Waals surface area contributed by atoms with Crippen molar-refractivity contribution in [1.82, 2.24) is 25.2 Å². The Morgan fingerprint density at radius 3 is 2.59 bits per heavy atom. The summed E-state index contributed by atoms with van der Waals surface area (Å²) in [7, 11) is -3.76. The number of tetrazole rings is 1. The third kappa shape index (κ3) is 4.65. The molecule has 4 rings (SSSR count). The van der Waals surface area contributed by atoms with Gasteiger partial charge >= 0.3 is 0 Å². The van der Waals surface area contributed by atoms with Crippen LogP contribution in [0.1, 0.15) is 30.2 Å². The number of carbonyl (C=O) groups excluding carboxylic acids is 1. The van der Waals surface area contributed by atoms with Gasteiger partial charge in [-0.05, 0) is 60.7 Å². The topological polar surface area (TPSA) is 132 Å². The van der Waals surface area contributed by atoms with E-state index in [9.17, 15) is 13.2 Å². The standard InChI is InChI=1S/C20H19N7O3S2/c1-13(2)27-18(23-25-26-27)14-4-3-5-15(12-14)19(28)22-16-6-8-17(9-7-16)32(29,30)24-20-21-10-11-31-20/h3-13H,1-2H3,(H,21,24)(H,22,28). The van der Waals surface area contributed by atoms with Gasteiger partial charge in [0, 0.05) is 28.4 Å². The van der Waals surface area contributed by atoms with E-state index in [1.807, 2.05) is 19.9 Å². The van der Waals surface area contributed by atoms with Crippen LogP contribution < -0.4 is 10.0 Å². The van der Waals surface area contributed by atoms with Crippen LogP contribution in [0.4, 0.5) is 10.8 Å². The molecule has 1 amide bonds. The zero-order chi connectivity index (χ0) is 22.7. The molecule has 0 spiro atoms. The molecule has 0 aliphatic heterocycles. The van der Waals surface area contributed by atoms with Gasteiger partial charge in [-0.25, -0.2) is 18.1 Å². The molecule has 32 heavy (non-hydrogen) atoms. The summed E-state index contributed by atoms with van der Waals surface area (Å²) in [6, 6.07) is 12.9. The van der Waals surface area contributed by atoms with Crippen molar-refractivity contribution in [2.75, 3.05) is 10.0 Å². The second-order valence-electron chi connectivity index (χ2n) is 7.04. The number of nitrogens with one attached hydrogen (secondary N) is 2. The highest BCUT2D eigenvalue weighted by atomic mass is 32.2. The minimum Gasteiger partial charge on any atom is -0.322 e. The quantitative estimate of drug-likeness (QED) is 0.424. The summed E-state index contributed by atoms with van der Waals surface area (Å²) in [5.41, 5.74) is 1.59. The number of hydrogen-bond acceptors (Lipinski definition) is 8. The number of hydrogen-bond donors (Lipinski definition) is 2. The Hall–Kier alpha value is -3.64. The summed E-state index contributed by atoms with van der Waals surface area (Å²) in [5, 5.41) is 16.5. The summed E-state index contributed by atoms with van der Waals surface area (Å²) < 4.78 is 28.9. The van der Waals surface area contributed by atoms with Gasteiger partial charge < -0.3 is 5.32 Å². The van der Waals surface area contributed by atoms with E-state index in [1.165, 1.54) is 41.8 Å². The summed E-state index contributed by atoms with van der Waals surface area (Å²) in [4.78, 5) is 16.7. The number of amides is 1. The van der Waals surface area contributed by atoms with E-state index < -0.39 is 10.0 Å². The first-order chi connectivity index (χ1) is 15.3. The molecule has 10 nitrogen and oxygen atoms in total. The fourth-order valence-corrected chi connectivity index (χ4v) is 4.69. The van der Waals surface area contributed by atoms with Crippen LogP contribution >= 0.6 is 11.3 Å². The predicted octanol–water partition coefficient (Wildman–Crippen LogP) is 3.43. The summed E-state index contributed by atoms with van der Waals surface area (Å²) >= 11 is 1.18. The van der Waals surface area contributed by atoms with Crippen LogP contribution in [0.15, 0.2) is 65.0 Å². The molecule has 0 atom stereocenters. The highest BCUT2D eigenvalue weighted by Gasteiger charge is 2.17. The van der Waals surface area contributed by atoms with Crippen LogP contribution in [0.5, 0.6) is 0 Å². The van der Waals surface area contributed by atoms with Gasteiger partial charge in [-0.3, -0.25) is 9.52 Å². The smallest absolute Gasteiger partial charge is 0.263 e. The van der Waals surface area contributed by atoms with Gasteiger partial charge in [-0.15, -0.1) is 16.4 Å². The molecule has 0 aliphatic carbocycles. The van der Waals surface area contributed by atoms with Crippen LogP contribution in [0.2, 0.25) is 0 Å². The van der Waals surface area contributed by atoms with Crippen LogP contribution in [0.3, 0.4) is 0 Å². The van der Waals surface area contributed by atoms with Crippen molar-refractivity contribution in [3.8, 4) is 11.4 Å². The Balaban J connectivity index is 1.49. The molecule has 0 saturated heterocycles. The lowest BCUT2D eigenvalue weighted by Crippen LogP contribution is -2.14. The molecule has 0 saturated carbocycles. The maximum absolute atomic E-state index is 12.7. The second-order valence-corrected chi connectivity index (χ2v) is 9.62. The molecule has 164 valence electrons. The van der Waals surface area contributed by atoms with Gasteiger partial charge in [0.1, 0.15) is 0 Å². The Kier molecular flexibility index (Phi) is 5.97. The normalized spacial score (nSPS) is 11.5. The number of sulfonamides is 1. The monoisotopic (exact) mass is 469 g/mol. The molecule has 0 fully saturated rings. The van der Waals surface area contributed by atoms with Crippen molar-refractivity contribution < 1.29 is 13.2 Å². The van der Waals surface area contributed by atoms with E-state index in [0.29, 0.717) is 22.6 Å². The van der Waals surface area contributed by atoms with Crippen molar-refractivity contribution in [2.24, 2.45) is 0 Å². The number of aromatic nitrogens is 5. The molecule has 2 aromatic heterocycles. The Labute approximate surface area is 188 Å². The number of anilines is 2. The third-order valence-electron chi connectivity index (χ3n) is 4.44. The van der Waals surface area contributed by atoms with E-state index in [-0.39, 0.29) is 22.0 Å². The van der Waals surface area contributed by atoms with E-state index in [1.54, 1.807) is 28.3 Å². The van der Waals surface area contributed by atoms with Gasteiger partial charge in [-0.1, -0.05) is 12.1 Å². The molecule has 2 heterocycles. The SMILES string of the molecule is CC(C)n1nnnc1-c1cccc(C(=O)Nc2ccc(S(=O)(=O)Nc3nccs3)cc2)c1. The molecular weight excluding hydrogens is 450 g/mol. The molecule has 0 radical (unpaired) electrons. The molecule has 2 aromatic carbocycles. The van der Waals surface area contributed by atoms with Crippen LogP contribution in [0, 0.1) is 0 Å². The van der Waals surface area contributed by atoms with Gasteiger partial charge in [-0.2, -0.15) is 0 Å². The molecule has 0 bridgehead atoms. The summed E-state index contributed by atoms with van der Waals surface area (Å²) in [6.45, 7) is 3.93. The lowest BCUT2D eigenvalue weighted by molar-refractivity contribution is 0.102. The zero-order valence-electron chi connectivity index (χ0n) is 17.1. The van der Waals surface area contributed by atoms with Crippen molar-refractivity contribution >= 4 is 38.1 Å². The molecular formula is C20H19N7O3S2. The second kappa shape index (κ2) is 8.85. The lowest BCUT2D eigenvalue weighted by Gasteiger charge is -2.10. The minimum atomic E-state index is -3.76. The highest BCUT2D eigenvalue weighted by molar-refractivity contribution is 7.93. The maximum Gasteiger partial charge on any atom is 0.263 e. The van der Waals surface area contributed by atoms with Crippen molar-refractivity contribution in [3.05, 3.63) is 65.7 Å². The molecule has 4 aromatic rings. The Bertz CT molecular complexity index is 1330. The average Bonchev–Trinajstić information content (AvgIpc) is 3.46. The average molecular weight is 470 g/mol. The zero-order valence-corrected chi connectivity index (χ0v) is 18.8. The fraction of sp³-hybridized carbons (Fsp3) is 0.150. The molecule has 0 unspecified atom stereocenters. The maximum atomic E-state index is 12.7. The van der Waals surface area contributed by atoms with Crippen LogP contribution in [-0.2, 0) is 10.0 Å². The first-order valence-electron chi connectivity index (χ1n) is 9.55. The fourth-order valence-electron chi connectivity index (χ4n) is 2.90. The molecule has 12 heteroatoms. The van der Waals surface area contributed by atoms with Crippen molar-refractivity contribution in [1.29, 1.82) is 0 Å². The molecule has 2 N–H and O–H groups in total. The van der Waals surface area contributed by atoms with Crippen molar-refractivity contribution in [2.45, 2.75) is 24.8 Å².